The van der Waals surface area contributed by atoms with Gasteiger partial charge in [-0.05, 0) is 0 Å². The number of hydrogen-bond donors (Lipinski definition) is 0. The van der Waals surface area contributed by atoms with E-state index < -0.39 is 25.8 Å². The molecule has 0 aromatic carbocycles. The van der Waals surface area contributed by atoms with Crippen molar-refractivity contribution >= 4 is 0 Å². The first-order chi connectivity index (χ1) is 5.71. The fraction of sp³-hybridized carbons (Fsp3) is 0. The summed E-state index contributed by atoms with van der Waals surface area (Å²) >= 11 is -15.8. The standard InChI is InChI=1S/2Cr.H2O4.8O.2Zn/c;;1-3-4-2;;;;;;;;;;/h;;1-2H;;;;;;;;;;/q2*+1;;;;;;4*-1;2*+2/p-2. The largest absolute Gasteiger partial charge is 2.00 e. The van der Waals surface area contributed by atoms with Crippen LogP contribution in [0.25, 0.3) is 0 Å². The summed E-state index contributed by atoms with van der Waals surface area (Å²) in [5.41, 5.74) is 0. The van der Waals surface area contributed by atoms with Gasteiger partial charge in [-0.3, -0.25) is 0 Å². The number of rotatable bonds is 5. The molecule has 0 fully saturated rings. The predicted octanol–water partition coefficient (Wildman–Crippen LogP) is -5.51. The average Bonchev–Trinajstić information content (AvgIpc) is 1.72. The minimum atomic E-state index is -7.92. The van der Waals surface area contributed by atoms with E-state index in [1.807, 2.05) is 0 Å². The van der Waals surface area contributed by atoms with Crippen molar-refractivity contribution in [3.05, 3.63) is 0 Å². The molecule has 0 aliphatic heterocycles. The second kappa shape index (κ2) is 5.89. The van der Waals surface area contributed by atoms with Crippen LogP contribution in [0.2, 0.25) is 0 Å². The Morgan fingerprint density at radius 3 is 0.938 bits per heavy atom. The van der Waals surface area contributed by atoms with Gasteiger partial charge in [0, 0.05) is 0 Å². The summed E-state index contributed by atoms with van der Waals surface area (Å²) in [6, 6.07) is 0. The van der Waals surface area contributed by atoms with E-state index in [1.165, 1.54) is 0 Å². The van der Waals surface area contributed by atoms with Gasteiger partial charge < -0.3 is 0 Å². The first-order valence-corrected chi connectivity index (χ1v) is 7.37. The summed E-state index contributed by atoms with van der Waals surface area (Å²) in [7, 11) is 0. The van der Waals surface area contributed by atoms with Crippen molar-refractivity contribution < 1.29 is 115 Å². The van der Waals surface area contributed by atoms with Gasteiger partial charge in [-0.25, -0.2) is 0 Å². The molecule has 0 saturated heterocycles. The van der Waals surface area contributed by atoms with Crippen molar-refractivity contribution in [3.8, 4) is 0 Å². The SMILES string of the molecule is [O]=[Cr](=[O])([O-])([O-])[O]OO[O][Cr](=[O])(=[O])([O-])[O-].[Zn+2].[Zn+2]. The van der Waals surface area contributed by atoms with Gasteiger partial charge in [0.05, 0.1) is 0 Å². The van der Waals surface area contributed by atoms with Gasteiger partial charge in [0.15, 0.2) is 0 Å². The van der Waals surface area contributed by atoms with Crippen molar-refractivity contribution in [2.45, 2.75) is 0 Å². The normalized spacial score (nSPS) is 16.8. The van der Waals surface area contributed by atoms with Crippen molar-refractivity contribution in [2.75, 3.05) is 0 Å². The summed E-state index contributed by atoms with van der Waals surface area (Å²) in [5, 5.41) is 5.17. The van der Waals surface area contributed by atoms with E-state index in [9.17, 15) is 31.8 Å². The van der Waals surface area contributed by atoms with Crippen molar-refractivity contribution in [3.63, 3.8) is 0 Å². The Morgan fingerprint density at radius 2 is 0.812 bits per heavy atom. The maximum Gasteiger partial charge on any atom is 2.00 e. The summed E-state index contributed by atoms with van der Waals surface area (Å²) in [6.07, 6.45) is 0. The van der Waals surface area contributed by atoms with Crippen LogP contribution in [0.1, 0.15) is 0 Å². The van der Waals surface area contributed by atoms with Crippen LogP contribution in [0.15, 0.2) is 0 Å². The Balaban J connectivity index is -0.000000845. The molecule has 0 unspecified atom stereocenters. The molecule has 0 aliphatic rings. The first-order valence-electron chi connectivity index (χ1n) is 2.17. The summed E-state index contributed by atoms with van der Waals surface area (Å²) in [6.45, 7) is 0. The maximum absolute atomic E-state index is 9.60. The Kier molecular flexibility index (Phi) is 8.24. The summed E-state index contributed by atoms with van der Waals surface area (Å²) in [4.78, 5) is 0. The minimum absolute atomic E-state index is 0. The molecule has 0 rings (SSSR count). The molecule has 0 atom stereocenters. The minimum Gasteiger partial charge on any atom is 2.00 e. The van der Waals surface area contributed by atoms with Crippen LogP contribution in [0.5, 0.6) is 0 Å². The monoisotopic (exact) mass is 424 g/mol. The second-order valence-corrected chi connectivity index (χ2v) is 6.31. The van der Waals surface area contributed by atoms with Crippen molar-refractivity contribution in [2.24, 2.45) is 0 Å². The molecule has 0 aromatic heterocycles. The van der Waals surface area contributed by atoms with Gasteiger partial charge in [-0.2, -0.15) is 0 Å². The van der Waals surface area contributed by atoms with E-state index in [2.05, 4.69) is 18.0 Å². The molecule has 0 bridgehead atoms. The third-order valence-corrected chi connectivity index (χ3v) is 1.17. The quantitative estimate of drug-likeness (QED) is 0.175. The average molecular weight is 427 g/mol. The molecule has 0 aromatic rings. The van der Waals surface area contributed by atoms with Crippen LogP contribution < -0.4 is 16.6 Å². The third kappa shape index (κ3) is 20.6. The molecule has 12 nitrogen and oxygen atoms in total. The molecule has 0 spiro atoms. The van der Waals surface area contributed by atoms with E-state index >= 15 is 0 Å². The molecule has 0 heterocycles. The van der Waals surface area contributed by atoms with Crippen LogP contribution in [-0.2, 0) is 97.9 Å². The van der Waals surface area contributed by atoms with Gasteiger partial charge in [-0.1, -0.05) is 0 Å². The summed E-state index contributed by atoms with van der Waals surface area (Å²) in [5.74, 6) is 0. The molecule has 0 N–H and O–H groups in total. The van der Waals surface area contributed by atoms with Crippen LogP contribution in [-0.4, -0.2) is 0 Å². The van der Waals surface area contributed by atoms with Crippen molar-refractivity contribution in [1.29, 1.82) is 0 Å². The topological polar surface area (TPSA) is 197 Å². The molecule has 16 heteroatoms. The number of hydrogen-bond acceptors (Lipinski definition) is 12. The van der Waals surface area contributed by atoms with E-state index in [0.717, 1.165) is 0 Å². The van der Waals surface area contributed by atoms with Crippen LogP contribution in [0, 0.1) is 0 Å². The molecular weight excluding hydrogens is 427 g/mol. The maximum atomic E-state index is 9.60. The Bertz CT molecular complexity index is 391. The first kappa shape index (κ1) is 22.4. The van der Waals surface area contributed by atoms with E-state index in [0.29, 0.717) is 0 Å². The molecule has 0 amide bonds. The van der Waals surface area contributed by atoms with Crippen LogP contribution in [0.3, 0.4) is 0 Å². The molecule has 0 radical (unpaired) electrons. The zero-order chi connectivity index (χ0) is 11.7. The van der Waals surface area contributed by atoms with Gasteiger partial charge in [0.1, 0.15) is 0 Å². The fourth-order valence-electron chi connectivity index (χ4n) is 0.113. The Hall–Kier alpha value is 1.19. The van der Waals surface area contributed by atoms with Crippen LogP contribution >= 0.6 is 0 Å². The third-order valence-electron chi connectivity index (χ3n) is 0.306. The molecule has 88 valence electrons. The molecule has 0 saturated carbocycles. The Morgan fingerprint density at radius 1 is 0.625 bits per heavy atom. The smallest absolute Gasteiger partial charge is 2.00 e. The van der Waals surface area contributed by atoms with Crippen molar-refractivity contribution in [1.82, 2.24) is 0 Å². The second-order valence-electron chi connectivity index (χ2n) is 1.63. The van der Waals surface area contributed by atoms with E-state index in [-0.39, 0.29) is 39.0 Å². The molecule has 0 aliphatic carbocycles. The van der Waals surface area contributed by atoms with E-state index in [4.69, 9.17) is 0 Å². The predicted molar refractivity (Wildman–Crippen MR) is 7.09 cm³/mol. The van der Waals surface area contributed by atoms with Gasteiger partial charge in [-0.15, -0.1) is 0 Å². The van der Waals surface area contributed by atoms with Gasteiger partial charge in [0.25, 0.3) is 0 Å². The van der Waals surface area contributed by atoms with E-state index in [1.54, 1.807) is 0 Å². The summed E-state index contributed by atoms with van der Waals surface area (Å²) < 4.78 is 81.7. The van der Waals surface area contributed by atoms with Gasteiger partial charge >= 0.3 is 115 Å². The Labute approximate surface area is 114 Å². The zero-order valence-electron chi connectivity index (χ0n) is 7.13. The molecular formula is Cr2O12Zn2. The van der Waals surface area contributed by atoms with Gasteiger partial charge in [0.2, 0.25) is 0 Å². The fourth-order valence-corrected chi connectivity index (χ4v) is 0.468. The van der Waals surface area contributed by atoms with Crippen LogP contribution in [0.4, 0.5) is 0 Å². The molecule has 16 heavy (non-hydrogen) atoms. The zero-order valence-corrected chi connectivity index (χ0v) is 15.6.